The SMILES string of the molecule is CC1CCC(C(=O)O)CN1Cc1ccc(F)c(-c2cccs2)c1. The number of piperidine rings is 1. The van der Waals surface area contributed by atoms with Crippen LogP contribution in [0.15, 0.2) is 35.7 Å². The average Bonchev–Trinajstić information content (AvgIpc) is 3.05. The predicted octanol–water partition coefficient (Wildman–Crippen LogP) is 4.24. The normalized spacial score (nSPS) is 22.2. The number of benzene rings is 1. The molecule has 1 fully saturated rings. The van der Waals surface area contributed by atoms with Gasteiger partial charge in [-0.25, -0.2) is 4.39 Å². The van der Waals surface area contributed by atoms with Crippen LogP contribution in [0.1, 0.15) is 25.3 Å². The fraction of sp³-hybridized carbons (Fsp3) is 0.389. The molecule has 0 aliphatic carbocycles. The molecule has 1 aliphatic heterocycles. The van der Waals surface area contributed by atoms with Crippen LogP contribution in [0, 0.1) is 11.7 Å². The summed E-state index contributed by atoms with van der Waals surface area (Å²) in [5, 5.41) is 11.2. The largest absolute Gasteiger partial charge is 0.481 e. The Balaban J connectivity index is 1.79. The van der Waals surface area contributed by atoms with Gasteiger partial charge in [0.15, 0.2) is 0 Å². The number of likely N-dealkylation sites (tertiary alicyclic amines) is 1. The summed E-state index contributed by atoms with van der Waals surface area (Å²) in [6, 6.07) is 9.36. The molecule has 0 bridgehead atoms. The van der Waals surface area contributed by atoms with E-state index in [0.717, 1.165) is 23.3 Å². The summed E-state index contributed by atoms with van der Waals surface area (Å²) in [5.74, 6) is -1.24. The van der Waals surface area contributed by atoms with E-state index >= 15 is 0 Å². The zero-order valence-corrected chi connectivity index (χ0v) is 13.9. The van der Waals surface area contributed by atoms with Crippen molar-refractivity contribution in [2.45, 2.75) is 32.4 Å². The summed E-state index contributed by atoms with van der Waals surface area (Å²) in [7, 11) is 0. The first-order chi connectivity index (χ1) is 11.0. The van der Waals surface area contributed by atoms with Gasteiger partial charge >= 0.3 is 5.97 Å². The van der Waals surface area contributed by atoms with Crippen molar-refractivity contribution < 1.29 is 14.3 Å². The van der Waals surface area contributed by atoms with Gasteiger partial charge in [-0.3, -0.25) is 9.69 Å². The highest BCUT2D eigenvalue weighted by Crippen LogP contribution is 2.30. The van der Waals surface area contributed by atoms with Gasteiger partial charge in [0, 0.05) is 29.6 Å². The van der Waals surface area contributed by atoms with Crippen LogP contribution in [0.2, 0.25) is 0 Å². The molecule has 1 aromatic carbocycles. The summed E-state index contributed by atoms with van der Waals surface area (Å²) in [5.41, 5.74) is 1.64. The van der Waals surface area contributed by atoms with Crippen LogP contribution in [-0.2, 0) is 11.3 Å². The first-order valence-electron chi connectivity index (χ1n) is 7.83. The monoisotopic (exact) mass is 333 g/mol. The summed E-state index contributed by atoms with van der Waals surface area (Å²) >= 11 is 1.52. The minimum atomic E-state index is -0.722. The Bertz CT molecular complexity index is 686. The van der Waals surface area contributed by atoms with E-state index in [-0.39, 0.29) is 11.7 Å². The molecule has 23 heavy (non-hydrogen) atoms. The summed E-state index contributed by atoms with van der Waals surface area (Å²) in [4.78, 5) is 14.3. The van der Waals surface area contributed by atoms with E-state index in [1.807, 2.05) is 23.6 Å². The van der Waals surface area contributed by atoms with Crippen molar-refractivity contribution in [1.29, 1.82) is 0 Å². The third-order valence-electron chi connectivity index (χ3n) is 4.56. The van der Waals surface area contributed by atoms with Crippen molar-refractivity contribution in [3.8, 4) is 10.4 Å². The first-order valence-corrected chi connectivity index (χ1v) is 8.71. The Morgan fingerprint density at radius 1 is 1.39 bits per heavy atom. The lowest BCUT2D eigenvalue weighted by atomic mass is 9.93. The van der Waals surface area contributed by atoms with E-state index in [4.69, 9.17) is 0 Å². The Kier molecular flexibility index (Phi) is 4.78. The van der Waals surface area contributed by atoms with Crippen LogP contribution in [-0.4, -0.2) is 28.6 Å². The van der Waals surface area contributed by atoms with E-state index in [9.17, 15) is 14.3 Å². The van der Waals surface area contributed by atoms with Crippen molar-refractivity contribution >= 4 is 17.3 Å². The molecule has 5 heteroatoms. The van der Waals surface area contributed by atoms with E-state index < -0.39 is 5.97 Å². The highest BCUT2D eigenvalue weighted by molar-refractivity contribution is 7.13. The molecule has 0 radical (unpaired) electrons. The lowest BCUT2D eigenvalue weighted by Gasteiger charge is -2.36. The summed E-state index contributed by atoms with van der Waals surface area (Å²) in [6.07, 6.45) is 1.62. The van der Waals surface area contributed by atoms with E-state index in [0.29, 0.717) is 24.7 Å². The third-order valence-corrected chi connectivity index (χ3v) is 5.47. The van der Waals surface area contributed by atoms with E-state index in [1.165, 1.54) is 17.4 Å². The molecule has 0 spiro atoms. The Morgan fingerprint density at radius 2 is 2.22 bits per heavy atom. The van der Waals surface area contributed by atoms with Gasteiger partial charge < -0.3 is 5.11 Å². The molecule has 1 saturated heterocycles. The third kappa shape index (κ3) is 3.62. The molecule has 3 nitrogen and oxygen atoms in total. The van der Waals surface area contributed by atoms with Gasteiger partial charge in [-0.05, 0) is 48.9 Å². The summed E-state index contributed by atoms with van der Waals surface area (Å²) in [6.45, 7) is 3.34. The standard InChI is InChI=1S/C18H20FNO2S/c1-12-4-6-14(18(21)22)11-20(12)10-13-5-7-16(19)15(9-13)17-3-2-8-23-17/h2-3,5,7-9,12,14H,4,6,10-11H2,1H3,(H,21,22). The molecule has 1 aliphatic rings. The maximum atomic E-state index is 14.1. The van der Waals surface area contributed by atoms with Crippen LogP contribution in [0.3, 0.4) is 0 Å². The van der Waals surface area contributed by atoms with Gasteiger partial charge in [0.25, 0.3) is 0 Å². The van der Waals surface area contributed by atoms with Crippen molar-refractivity contribution in [1.82, 2.24) is 4.90 Å². The first kappa shape index (κ1) is 16.1. The van der Waals surface area contributed by atoms with Crippen LogP contribution in [0.5, 0.6) is 0 Å². The second-order valence-corrected chi connectivity index (χ2v) is 7.13. The molecule has 2 heterocycles. The number of hydrogen-bond donors (Lipinski definition) is 1. The second-order valence-electron chi connectivity index (χ2n) is 6.18. The zero-order valence-electron chi connectivity index (χ0n) is 13.0. The second kappa shape index (κ2) is 6.81. The summed E-state index contributed by atoms with van der Waals surface area (Å²) < 4.78 is 14.1. The average molecular weight is 333 g/mol. The Hall–Kier alpha value is -1.72. The van der Waals surface area contributed by atoms with Gasteiger partial charge in [-0.1, -0.05) is 12.1 Å². The van der Waals surface area contributed by atoms with Crippen LogP contribution in [0.4, 0.5) is 4.39 Å². The number of hydrogen-bond acceptors (Lipinski definition) is 3. The maximum Gasteiger partial charge on any atom is 0.307 e. The van der Waals surface area contributed by atoms with Gasteiger partial charge in [-0.15, -0.1) is 11.3 Å². The number of nitrogens with zero attached hydrogens (tertiary/aromatic N) is 1. The number of carbonyl (C=O) groups is 1. The number of thiophene rings is 1. The van der Waals surface area contributed by atoms with Crippen LogP contribution < -0.4 is 0 Å². The smallest absolute Gasteiger partial charge is 0.307 e. The molecule has 2 unspecified atom stereocenters. The lowest BCUT2D eigenvalue weighted by Crippen LogP contribution is -2.43. The molecule has 0 saturated carbocycles. The molecule has 0 amide bonds. The van der Waals surface area contributed by atoms with Gasteiger partial charge in [-0.2, -0.15) is 0 Å². The molecule has 1 N–H and O–H groups in total. The number of carboxylic acid groups (broad SMARTS) is 1. The van der Waals surface area contributed by atoms with Crippen molar-refractivity contribution in [2.75, 3.05) is 6.54 Å². The van der Waals surface area contributed by atoms with Gasteiger partial charge in [0.05, 0.1) is 5.92 Å². The number of halogens is 1. The molecular formula is C18H20FNO2S. The number of aliphatic carboxylic acids is 1. The Morgan fingerprint density at radius 3 is 2.91 bits per heavy atom. The quantitative estimate of drug-likeness (QED) is 0.910. The molecule has 2 atom stereocenters. The highest BCUT2D eigenvalue weighted by Gasteiger charge is 2.29. The Labute approximate surface area is 139 Å². The van der Waals surface area contributed by atoms with Crippen LogP contribution >= 0.6 is 11.3 Å². The molecule has 3 rings (SSSR count). The van der Waals surface area contributed by atoms with Crippen molar-refractivity contribution in [2.24, 2.45) is 5.92 Å². The molecule has 2 aromatic rings. The van der Waals surface area contributed by atoms with Gasteiger partial charge in [0.2, 0.25) is 0 Å². The molecular weight excluding hydrogens is 313 g/mol. The molecule has 1 aromatic heterocycles. The minimum absolute atomic E-state index is 0.216. The van der Waals surface area contributed by atoms with Crippen molar-refractivity contribution in [3.63, 3.8) is 0 Å². The zero-order chi connectivity index (χ0) is 16.4. The van der Waals surface area contributed by atoms with Gasteiger partial charge in [0.1, 0.15) is 5.82 Å². The molecule has 122 valence electrons. The number of carboxylic acids is 1. The van der Waals surface area contributed by atoms with E-state index in [2.05, 4.69) is 11.8 Å². The minimum Gasteiger partial charge on any atom is -0.481 e. The number of rotatable bonds is 4. The lowest BCUT2D eigenvalue weighted by molar-refractivity contribution is -0.144. The maximum absolute atomic E-state index is 14.1. The highest BCUT2D eigenvalue weighted by atomic mass is 32.1. The fourth-order valence-corrected chi connectivity index (χ4v) is 3.87. The van der Waals surface area contributed by atoms with Crippen LogP contribution in [0.25, 0.3) is 10.4 Å². The topological polar surface area (TPSA) is 40.5 Å². The van der Waals surface area contributed by atoms with Crippen molar-refractivity contribution in [3.05, 3.63) is 47.1 Å². The predicted molar refractivity (Wildman–Crippen MR) is 89.9 cm³/mol. The fourth-order valence-electron chi connectivity index (χ4n) is 3.13. The van der Waals surface area contributed by atoms with E-state index in [1.54, 1.807) is 6.07 Å².